The van der Waals surface area contributed by atoms with Crippen LogP contribution in [0, 0.1) is 17.7 Å². The standard InChI is InChI=1S/C17H25FN2O3S.ClH/c1-13(12-24(22,23)16-6-4-15(18)5-7-16)17(21)20-10-8-14-3-2-9-19-11-14;/h4-7,13-14,19H,2-3,8-12H2,1H3,(H,20,21);1H. The average Bonchev–Trinajstić information content (AvgIpc) is 2.55. The Morgan fingerprint density at radius 2 is 2.04 bits per heavy atom. The zero-order valence-corrected chi connectivity index (χ0v) is 16.0. The van der Waals surface area contributed by atoms with Crippen molar-refractivity contribution in [1.29, 1.82) is 0 Å². The third kappa shape index (κ3) is 6.92. The highest BCUT2D eigenvalue weighted by Crippen LogP contribution is 2.16. The maximum Gasteiger partial charge on any atom is 0.223 e. The van der Waals surface area contributed by atoms with Gasteiger partial charge in [0.05, 0.1) is 10.6 Å². The second kappa shape index (κ2) is 10.1. The average molecular weight is 393 g/mol. The van der Waals surface area contributed by atoms with Gasteiger partial charge in [0, 0.05) is 12.5 Å². The Hall–Kier alpha value is -1.18. The second-order valence-electron chi connectivity index (χ2n) is 6.43. The molecule has 1 amide bonds. The Morgan fingerprint density at radius 3 is 2.64 bits per heavy atom. The van der Waals surface area contributed by atoms with Crippen molar-refractivity contribution in [2.24, 2.45) is 11.8 Å². The molecule has 0 aliphatic carbocycles. The number of amides is 1. The predicted octanol–water partition coefficient (Wildman–Crippen LogP) is 2.16. The molecule has 2 unspecified atom stereocenters. The fourth-order valence-corrected chi connectivity index (χ4v) is 4.44. The van der Waals surface area contributed by atoms with Gasteiger partial charge in [-0.25, -0.2) is 12.8 Å². The molecule has 142 valence electrons. The normalized spacial score (nSPS) is 18.9. The van der Waals surface area contributed by atoms with Crippen molar-refractivity contribution in [3.63, 3.8) is 0 Å². The lowest BCUT2D eigenvalue weighted by Crippen LogP contribution is -2.36. The maximum atomic E-state index is 12.9. The summed E-state index contributed by atoms with van der Waals surface area (Å²) < 4.78 is 37.4. The number of piperidine rings is 1. The number of hydrogen-bond donors (Lipinski definition) is 2. The number of carbonyl (C=O) groups is 1. The molecule has 8 heteroatoms. The van der Waals surface area contributed by atoms with Crippen LogP contribution in [-0.4, -0.2) is 39.7 Å². The van der Waals surface area contributed by atoms with E-state index in [0.29, 0.717) is 12.5 Å². The molecule has 1 aliphatic heterocycles. The smallest absolute Gasteiger partial charge is 0.223 e. The van der Waals surface area contributed by atoms with Gasteiger partial charge in [0.2, 0.25) is 5.91 Å². The van der Waals surface area contributed by atoms with Gasteiger partial charge < -0.3 is 10.6 Å². The minimum atomic E-state index is -3.60. The number of halogens is 2. The van der Waals surface area contributed by atoms with Gasteiger partial charge in [-0.1, -0.05) is 6.92 Å². The SMILES string of the molecule is CC(CS(=O)(=O)c1ccc(F)cc1)C(=O)NCCC1CCCNC1.Cl. The van der Waals surface area contributed by atoms with Crippen molar-refractivity contribution in [3.05, 3.63) is 30.1 Å². The predicted molar refractivity (Wildman–Crippen MR) is 98.1 cm³/mol. The molecular formula is C17H26ClFN2O3S. The van der Waals surface area contributed by atoms with Crippen LogP contribution in [0.4, 0.5) is 4.39 Å². The molecule has 2 atom stereocenters. The Labute approximate surface area is 155 Å². The van der Waals surface area contributed by atoms with Gasteiger partial charge in [-0.15, -0.1) is 12.4 Å². The van der Waals surface area contributed by atoms with E-state index in [4.69, 9.17) is 0 Å². The lowest BCUT2D eigenvalue weighted by Gasteiger charge is -2.23. The van der Waals surface area contributed by atoms with E-state index in [1.54, 1.807) is 6.92 Å². The van der Waals surface area contributed by atoms with Crippen LogP contribution in [0.5, 0.6) is 0 Å². The van der Waals surface area contributed by atoms with E-state index in [-0.39, 0.29) is 29.0 Å². The maximum absolute atomic E-state index is 12.9. The summed E-state index contributed by atoms with van der Waals surface area (Å²) in [5.74, 6) is -1.11. The topological polar surface area (TPSA) is 75.3 Å². The first kappa shape index (κ1) is 21.9. The Morgan fingerprint density at radius 1 is 1.36 bits per heavy atom. The number of nitrogens with one attached hydrogen (secondary N) is 2. The molecule has 1 fully saturated rings. The first-order valence-corrected chi connectivity index (χ1v) is 10.0. The van der Waals surface area contributed by atoms with Crippen LogP contribution < -0.4 is 10.6 Å². The molecule has 25 heavy (non-hydrogen) atoms. The molecular weight excluding hydrogens is 367 g/mol. The molecule has 5 nitrogen and oxygen atoms in total. The fraction of sp³-hybridized carbons (Fsp3) is 0.588. The Balaban J connectivity index is 0.00000312. The molecule has 0 radical (unpaired) electrons. The lowest BCUT2D eigenvalue weighted by atomic mass is 9.96. The van der Waals surface area contributed by atoms with Gasteiger partial charge in [0.1, 0.15) is 5.82 Å². The number of rotatable bonds is 7. The summed E-state index contributed by atoms with van der Waals surface area (Å²) in [6.07, 6.45) is 3.22. The largest absolute Gasteiger partial charge is 0.356 e. The minimum absolute atomic E-state index is 0. The molecule has 1 aromatic rings. The summed E-state index contributed by atoms with van der Waals surface area (Å²) in [6, 6.07) is 4.67. The van der Waals surface area contributed by atoms with E-state index in [0.717, 1.165) is 44.5 Å². The monoisotopic (exact) mass is 392 g/mol. The van der Waals surface area contributed by atoms with Gasteiger partial charge in [0.25, 0.3) is 0 Å². The second-order valence-corrected chi connectivity index (χ2v) is 8.46. The summed E-state index contributed by atoms with van der Waals surface area (Å²) >= 11 is 0. The van der Waals surface area contributed by atoms with Crippen molar-refractivity contribution in [2.75, 3.05) is 25.4 Å². The van der Waals surface area contributed by atoms with Gasteiger partial charge in [-0.2, -0.15) is 0 Å². The molecule has 1 aromatic carbocycles. The van der Waals surface area contributed by atoms with Crippen LogP contribution in [0.3, 0.4) is 0 Å². The van der Waals surface area contributed by atoms with Crippen LogP contribution in [-0.2, 0) is 14.6 Å². The highest BCUT2D eigenvalue weighted by Gasteiger charge is 2.23. The van der Waals surface area contributed by atoms with Crippen LogP contribution >= 0.6 is 12.4 Å². The van der Waals surface area contributed by atoms with Crippen LogP contribution in [0.2, 0.25) is 0 Å². The number of benzene rings is 1. The number of carbonyl (C=O) groups excluding carboxylic acids is 1. The van der Waals surface area contributed by atoms with E-state index in [2.05, 4.69) is 10.6 Å². The van der Waals surface area contributed by atoms with E-state index < -0.39 is 21.6 Å². The minimum Gasteiger partial charge on any atom is -0.356 e. The molecule has 0 aromatic heterocycles. The van der Waals surface area contributed by atoms with Crippen molar-refractivity contribution >= 4 is 28.2 Å². The van der Waals surface area contributed by atoms with Crippen LogP contribution in [0.25, 0.3) is 0 Å². The molecule has 0 saturated carbocycles. The third-order valence-corrected chi connectivity index (χ3v) is 6.27. The van der Waals surface area contributed by atoms with Crippen molar-refractivity contribution in [3.8, 4) is 0 Å². The molecule has 1 saturated heterocycles. The van der Waals surface area contributed by atoms with E-state index in [1.165, 1.54) is 12.1 Å². The quantitative estimate of drug-likeness (QED) is 0.697. The number of hydrogen-bond acceptors (Lipinski definition) is 4. The summed E-state index contributed by atoms with van der Waals surface area (Å²) in [4.78, 5) is 12.1. The summed E-state index contributed by atoms with van der Waals surface area (Å²) in [6.45, 7) is 4.19. The summed E-state index contributed by atoms with van der Waals surface area (Å²) in [5.41, 5.74) is 0. The van der Waals surface area contributed by atoms with Crippen LogP contribution in [0.1, 0.15) is 26.2 Å². The lowest BCUT2D eigenvalue weighted by molar-refractivity contribution is -0.123. The highest BCUT2D eigenvalue weighted by atomic mass is 35.5. The van der Waals surface area contributed by atoms with Gasteiger partial charge >= 0.3 is 0 Å². The van der Waals surface area contributed by atoms with Gasteiger partial charge in [-0.05, 0) is 62.5 Å². The zero-order chi connectivity index (χ0) is 17.6. The first-order valence-electron chi connectivity index (χ1n) is 8.35. The zero-order valence-electron chi connectivity index (χ0n) is 14.3. The molecule has 1 aliphatic rings. The van der Waals surface area contributed by atoms with Crippen molar-refractivity contribution in [1.82, 2.24) is 10.6 Å². The Kier molecular flexibility index (Phi) is 8.82. The van der Waals surface area contributed by atoms with Crippen LogP contribution in [0.15, 0.2) is 29.2 Å². The summed E-state index contributed by atoms with van der Waals surface area (Å²) in [5, 5.41) is 6.15. The van der Waals surface area contributed by atoms with Crippen molar-refractivity contribution < 1.29 is 17.6 Å². The first-order chi connectivity index (χ1) is 11.4. The van der Waals surface area contributed by atoms with Gasteiger partial charge in [-0.3, -0.25) is 4.79 Å². The van der Waals surface area contributed by atoms with E-state index >= 15 is 0 Å². The third-order valence-electron chi connectivity index (χ3n) is 4.34. The van der Waals surface area contributed by atoms with Crippen molar-refractivity contribution in [2.45, 2.75) is 31.1 Å². The molecule has 1 heterocycles. The molecule has 0 bridgehead atoms. The van der Waals surface area contributed by atoms with Gasteiger partial charge in [0.15, 0.2) is 9.84 Å². The fourth-order valence-electron chi connectivity index (χ4n) is 2.89. The summed E-state index contributed by atoms with van der Waals surface area (Å²) in [7, 11) is -3.60. The molecule has 2 N–H and O–H groups in total. The molecule has 2 rings (SSSR count). The van der Waals surface area contributed by atoms with E-state index in [9.17, 15) is 17.6 Å². The van der Waals surface area contributed by atoms with E-state index in [1.807, 2.05) is 0 Å². The molecule has 0 spiro atoms. The Bertz CT molecular complexity index is 646. The highest BCUT2D eigenvalue weighted by molar-refractivity contribution is 7.91. The number of sulfone groups is 1.